The Hall–Kier alpha value is -2.41. The fourth-order valence-electron chi connectivity index (χ4n) is 2.64. The van der Waals surface area contributed by atoms with Crippen LogP contribution >= 0.6 is 11.3 Å². The van der Waals surface area contributed by atoms with Gasteiger partial charge in [-0.2, -0.15) is 0 Å². The molecule has 3 heterocycles. The van der Waals surface area contributed by atoms with Gasteiger partial charge in [0.2, 0.25) is 5.91 Å². The van der Waals surface area contributed by atoms with Gasteiger partial charge in [-0.3, -0.25) is 9.69 Å². The van der Waals surface area contributed by atoms with Crippen molar-refractivity contribution in [3.63, 3.8) is 0 Å². The van der Waals surface area contributed by atoms with Crippen molar-refractivity contribution in [1.82, 2.24) is 9.88 Å². The molecule has 0 aliphatic carbocycles. The summed E-state index contributed by atoms with van der Waals surface area (Å²) < 4.78 is 5.39. The van der Waals surface area contributed by atoms with Crippen LogP contribution in [0, 0.1) is 0 Å². The Bertz CT molecular complexity index is 835. The maximum Gasteiger partial charge on any atom is 0.411 e. The Morgan fingerprint density at radius 3 is 2.83 bits per heavy atom. The third kappa shape index (κ3) is 3.12. The monoisotopic (exact) mass is 345 g/mol. The van der Waals surface area contributed by atoms with Gasteiger partial charge in [-0.05, 0) is 50.1 Å². The molecular formula is C17H19N3O3S. The summed E-state index contributed by atoms with van der Waals surface area (Å²) in [6, 6.07) is 3.04. The van der Waals surface area contributed by atoms with Gasteiger partial charge in [-0.25, -0.2) is 9.78 Å². The highest BCUT2D eigenvalue weighted by Gasteiger charge is 2.36. The summed E-state index contributed by atoms with van der Waals surface area (Å²) in [6.07, 6.45) is 2.93. The minimum absolute atomic E-state index is 0.281. The first kappa shape index (κ1) is 16.4. The van der Waals surface area contributed by atoms with Crippen LogP contribution in [0.15, 0.2) is 29.8 Å². The van der Waals surface area contributed by atoms with Crippen LogP contribution in [-0.4, -0.2) is 40.1 Å². The number of hydrogen-bond donors (Lipinski definition) is 1. The Kier molecular flexibility index (Phi) is 4.04. The third-order valence-electron chi connectivity index (χ3n) is 3.65. The van der Waals surface area contributed by atoms with E-state index in [1.54, 1.807) is 33.0 Å². The summed E-state index contributed by atoms with van der Waals surface area (Å²) >= 11 is 1.53. The number of nitrogens with zero attached hydrogens (tertiary/aromatic N) is 2. The van der Waals surface area contributed by atoms with Crippen LogP contribution < -0.4 is 5.73 Å². The maximum atomic E-state index is 12.4. The van der Waals surface area contributed by atoms with E-state index in [0.29, 0.717) is 0 Å². The Balaban J connectivity index is 1.92. The van der Waals surface area contributed by atoms with Gasteiger partial charge in [0.1, 0.15) is 16.5 Å². The molecule has 0 fully saturated rings. The lowest BCUT2D eigenvalue weighted by molar-refractivity contribution is -0.121. The van der Waals surface area contributed by atoms with Crippen LogP contribution in [0.25, 0.3) is 15.8 Å². The number of primary amides is 1. The molecule has 0 radical (unpaired) electrons. The molecule has 0 spiro atoms. The third-order valence-corrected chi connectivity index (χ3v) is 4.55. The lowest BCUT2D eigenvalue weighted by atomic mass is 10.1. The van der Waals surface area contributed by atoms with Crippen LogP contribution in [0.5, 0.6) is 0 Å². The fourth-order valence-corrected chi connectivity index (χ4v) is 3.58. The quantitative estimate of drug-likeness (QED) is 0.907. The van der Waals surface area contributed by atoms with Crippen molar-refractivity contribution in [2.24, 2.45) is 5.73 Å². The molecule has 24 heavy (non-hydrogen) atoms. The van der Waals surface area contributed by atoms with Crippen LogP contribution in [-0.2, 0) is 9.53 Å². The first-order valence-corrected chi connectivity index (χ1v) is 8.46. The maximum absolute atomic E-state index is 12.4. The van der Waals surface area contributed by atoms with E-state index in [4.69, 9.17) is 10.5 Å². The predicted molar refractivity (Wildman–Crippen MR) is 93.5 cm³/mol. The first-order chi connectivity index (χ1) is 11.3. The Morgan fingerprint density at radius 1 is 1.42 bits per heavy atom. The average Bonchev–Trinajstić information content (AvgIpc) is 3.09. The second-order valence-corrected chi connectivity index (χ2v) is 7.51. The zero-order chi connectivity index (χ0) is 17.5. The van der Waals surface area contributed by atoms with Crippen LogP contribution in [0.4, 0.5) is 4.79 Å². The highest BCUT2D eigenvalue weighted by atomic mass is 32.1. The second kappa shape index (κ2) is 5.90. The van der Waals surface area contributed by atoms with E-state index in [1.807, 2.05) is 17.5 Å². The minimum Gasteiger partial charge on any atom is -0.444 e. The molecule has 2 aromatic rings. The largest absolute Gasteiger partial charge is 0.444 e. The number of carbonyl (C=O) groups excluding carboxylic acids is 2. The number of carbonyl (C=O) groups is 2. The predicted octanol–water partition coefficient (Wildman–Crippen LogP) is 2.78. The summed E-state index contributed by atoms with van der Waals surface area (Å²) in [6.45, 7) is 5.63. The van der Waals surface area contributed by atoms with E-state index < -0.39 is 23.6 Å². The normalized spacial score (nSPS) is 17.9. The SMILES string of the molecule is CC(C)(C)OC(=O)N1CC(c2csc3ncccc23)=CC1C(N)=O. The Morgan fingerprint density at radius 2 is 2.17 bits per heavy atom. The lowest BCUT2D eigenvalue weighted by Gasteiger charge is -2.27. The van der Waals surface area contributed by atoms with Gasteiger partial charge >= 0.3 is 6.09 Å². The molecule has 1 aliphatic heterocycles. The highest BCUT2D eigenvalue weighted by molar-refractivity contribution is 7.17. The van der Waals surface area contributed by atoms with E-state index in [2.05, 4.69) is 4.98 Å². The lowest BCUT2D eigenvalue weighted by Crippen LogP contribution is -2.46. The number of nitrogens with two attached hydrogens (primary N) is 1. The van der Waals surface area contributed by atoms with Crippen molar-refractivity contribution in [1.29, 1.82) is 0 Å². The minimum atomic E-state index is -0.804. The summed E-state index contributed by atoms with van der Waals surface area (Å²) in [5, 5.41) is 2.99. The molecule has 126 valence electrons. The molecule has 2 aromatic heterocycles. The number of pyridine rings is 1. The first-order valence-electron chi connectivity index (χ1n) is 7.58. The van der Waals surface area contributed by atoms with Crippen molar-refractivity contribution in [3.05, 3.63) is 35.3 Å². The molecule has 0 saturated heterocycles. The van der Waals surface area contributed by atoms with Gasteiger partial charge in [0, 0.05) is 17.0 Å². The molecule has 2 N–H and O–H groups in total. The van der Waals surface area contributed by atoms with Crippen molar-refractivity contribution in [3.8, 4) is 0 Å². The van der Waals surface area contributed by atoms with Crippen LogP contribution in [0.2, 0.25) is 0 Å². The van der Waals surface area contributed by atoms with Gasteiger partial charge in [0.25, 0.3) is 0 Å². The Labute approximate surface area is 143 Å². The van der Waals surface area contributed by atoms with Gasteiger partial charge in [0.05, 0.1) is 6.54 Å². The topological polar surface area (TPSA) is 85.5 Å². The zero-order valence-electron chi connectivity index (χ0n) is 13.8. The number of amides is 2. The van der Waals surface area contributed by atoms with Gasteiger partial charge in [-0.15, -0.1) is 11.3 Å². The van der Waals surface area contributed by atoms with E-state index in [9.17, 15) is 9.59 Å². The van der Waals surface area contributed by atoms with Gasteiger partial charge in [0.15, 0.2) is 0 Å². The molecular weight excluding hydrogens is 326 g/mol. The smallest absolute Gasteiger partial charge is 0.411 e. The number of fused-ring (bicyclic) bond motifs is 1. The number of ether oxygens (including phenoxy) is 1. The van der Waals surface area contributed by atoms with E-state index in [1.165, 1.54) is 16.2 Å². The number of aromatic nitrogens is 1. The van der Waals surface area contributed by atoms with Crippen molar-refractivity contribution < 1.29 is 14.3 Å². The number of rotatable bonds is 2. The summed E-state index contributed by atoms with van der Waals surface area (Å²) in [7, 11) is 0. The number of hydrogen-bond acceptors (Lipinski definition) is 5. The molecule has 0 saturated carbocycles. The van der Waals surface area contributed by atoms with Crippen molar-refractivity contribution in [2.75, 3.05) is 6.54 Å². The molecule has 1 atom stereocenters. The summed E-state index contributed by atoms with van der Waals surface area (Å²) in [5.41, 5.74) is 6.69. The van der Waals surface area contributed by atoms with Gasteiger partial charge < -0.3 is 10.5 Å². The molecule has 1 aliphatic rings. The van der Waals surface area contributed by atoms with Crippen LogP contribution in [0.3, 0.4) is 0 Å². The molecule has 6 nitrogen and oxygen atoms in total. The van der Waals surface area contributed by atoms with E-state index in [0.717, 1.165) is 21.4 Å². The summed E-state index contributed by atoms with van der Waals surface area (Å²) in [4.78, 5) is 30.8. The molecule has 1 unspecified atom stereocenters. The molecule has 3 rings (SSSR count). The molecule has 2 amide bonds. The average molecular weight is 345 g/mol. The molecule has 0 aromatic carbocycles. The van der Waals surface area contributed by atoms with E-state index >= 15 is 0 Å². The standard InChI is InChI=1S/C17H19N3O3S/c1-17(2,3)23-16(22)20-8-10(7-13(20)14(18)21)12-9-24-15-11(12)5-4-6-19-15/h4-7,9,13H,8H2,1-3H3,(H2,18,21). The van der Waals surface area contributed by atoms with Crippen LogP contribution in [0.1, 0.15) is 26.3 Å². The van der Waals surface area contributed by atoms with E-state index in [-0.39, 0.29) is 6.54 Å². The van der Waals surface area contributed by atoms with Gasteiger partial charge in [-0.1, -0.05) is 0 Å². The zero-order valence-corrected chi connectivity index (χ0v) is 14.6. The molecule has 7 heteroatoms. The highest BCUT2D eigenvalue weighted by Crippen LogP contribution is 2.34. The summed E-state index contributed by atoms with van der Waals surface area (Å²) in [5.74, 6) is -0.575. The number of thiophene rings is 1. The molecule has 0 bridgehead atoms. The van der Waals surface area contributed by atoms with Crippen molar-refractivity contribution in [2.45, 2.75) is 32.4 Å². The second-order valence-electron chi connectivity index (χ2n) is 6.65. The fraction of sp³-hybridized carbons (Fsp3) is 0.353. The van der Waals surface area contributed by atoms with Crippen molar-refractivity contribution >= 4 is 39.1 Å².